The molecule has 2 N–H and O–H groups in total. The summed E-state index contributed by atoms with van der Waals surface area (Å²) in [5, 5.41) is 5.66. The first-order valence-corrected chi connectivity index (χ1v) is 11.5. The van der Waals surface area contributed by atoms with Gasteiger partial charge in [-0.1, -0.05) is 30.9 Å². The molecule has 188 valence electrons. The molecule has 0 aliphatic heterocycles. The van der Waals surface area contributed by atoms with E-state index in [1.807, 2.05) is 13.0 Å². The predicted octanol–water partition coefficient (Wildman–Crippen LogP) is 5.68. The maximum Gasteiger partial charge on any atom is 0.251 e. The van der Waals surface area contributed by atoms with Crippen LogP contribution < -0.4 is 10.6 Å². The van der Waals surface area contributed by atoms with Crippen molar-refractivity contribution in [1.29, 1.82) is 0 Å². The molecule has 1 heterocycles. The van der Waals surface area contributed by atoms with Gasteiger partial charge in [0.05, 0.1) is 18.9 Å². The lowest BCUT2D eigenvalue weighted by Crippen LogP contribution is -2.25. The van der Waals surface area contributed by atoms with Gasteiger partial charge in [0.25, 0.3) is 6.43 Å². The van der Waals surface area contributed by atoms with Gasteiger partial charge in [-0.25, -0.2) is 23.1 Å². The average molecular weight is 497 g/mol. The number of aromatic nitrogens is 2. The number of nitrogens with one attached hydrogen (secondary N) is 2. The first-order valence-electron chi connectivity index (χ1n) is 11.5. The highest BCUT2D eigenvalue weighted by atomic mass is 19.3. The van der Waals surface area contributed by atoms with Gasteiger partial charge in [0.15, 0.2) is 0 Å². The maximum absolute atomic E-state index is 14.8. The number of anilines is 1. The summed E-state index contributed by atoms with van der Waals surface area (Å²) >= 11 is 0. The molecule has 9 heteroatoms. The number of benzene rings is 1. The fourth-order valence-electron chi connectivity index (χ4n) is 4.01. The molecule has 0 unspecified atom stereocenters. The second-order valence-electron chi connectivity index (χ2n) is 8.89. The zero-order chi connectivity index (χ0) is 25.9. The van der Waals surface area contributed by atoms with Gasteiger partial charge in [-0.3, -0.25) is 4.79 Å². The molecule has 36 heavy (non-hydrogen) atoms. The number of carbonyl (C=O) groups is 1. The van der Waals surface area contributed by atoms with Crippen LogP contribution in [0, 0.1) is 11.2 Å². The number of ether oxygens (including phenoxy) is 1. The molecule has 2 aliphatic carbocycles. The van der Waals surface area contributed by atoms with Crippen molar-refractivity contribution in [3.05, 3.63) is 89.5 Å². The third-order valence-electron chi connectivity index (χ3n) is 6.33. The van der Waals surface area contributed by atoms with E-state index in [1.165, 1.54) is 25.3 Å². The SMILES string of the molecule is C=C(/C=C(\OC)C1(C(F)F)CC1)NC(=O)Cc1ccc(-c2cnc(NC3=CCC=C3C)nc2)cc1F. The topological polar surface area (TPSA) is 76.1 Å². The molecule has 4 rings (SSSR count). The van der Waals surface area contributed by atoms with Crippen molar-refractivity contribution in [3.63, 3.8) is 0 Å². The summed E-state index contributed by atoms with van der Waals surface area (Å²) in [7, 11) is 1.31. The number of hydrogen-bond donors (Lipinski definition) is 2. The van der Waals surface area contributed by atoms with Crippen molar-refractivity contribution in [2.24, 2.45) is 5.41 Å². The minimum absolute atomic E-state index is 0.0772. The van der Waals surface area contributed by atoms with E-state index in [0.29, 0.717) is 29.9 Å². The molecular weight excluding hydrogens is 469 g/mol. The number of methoxy groups -OCH3 is 1. The summed E-state index contributed by atoms with van der Waals surface area (Å²) in [5.41, 5.74) is 2.26. The molecule has 2 aliphatic rings. The number of hydrogen-bond acceptors (Lipinski definition) is 5. The van der Waals surface area contributed by atoms with Crippen LogP contribution in [0.2, 0.25) is 0 Å². The highest BCUT2D eigenvalue weighted by molar-refractivity contribution is 5.81. The summed E-state index contributed by atoms with van der Waals surface area (Å²) < 4.78 is 46.5. The molecule has 1 aromatic heterocycles. The van der Waals surface area contributed by atoms with E-state index in [1.54, 1.807) is 18.5 Å². The van der Waals surface area contributed by atoms with Crippen LogP contribution in [0.25, 0.3) is 11.1 Å². The molecule has 0 spiro atoms. The Bertz CT molecular complexity index is 1260. The van der Waals surface area contributed by atoms with E-state index >= 15 is 0 Å². The Labute approximate surface area is 207 Å². The lowest BCUT2D eigenvalue weighted by atomic mass is 10.0. The molecule has 1 amide bonds. The summed E-state index contributed by atoms with van der Waals surface area (Å²) in [6, 6.07) is 4.52. The number of amides is 1. The van der Waals surface area contributed by atoms with Crippen LogP contribution in [0.4, 0.5) is 19.1 Å². The summed E-state index contributed by atoms with van der Waals surface area (Å²) in [5.74, 6) is -0.562. The van der Waals surface area contributed by atoms with Gasteiger partial charge in [-0.05, 0) is 55.0 Å². The van der Waals surface area contributed by atoms with E-state index in [2.05, 4.69) is 33.3 Å². The van der Waals surface area contributed by atoms with Crippen LogP contribution in [0.1, 0.15) is 31.7 Å². The van der Waals surface area contributed by atoms with Crippen LogP contribution in [0.3, 0.4) is 0 Å². The molecular formula is C27H27F3N4O2. The molecule has 1 saturated carbocycles. The van der Waals surface area contributed by atoms with E-state index in [0.717, 1.165) is 17.7 Å². The fourth-order valence-corrected chi connectivity index (χ4v) is 4.01. The second kappa shape index (κ2) is 10.4. The summed E-state index contributed by atoms with van der Waals surface area (Å²) in [4.78, 5) is 21.0. The number of rotatable bonds is 10. The molecule has 0 saturated heterocycles. The van der Waals surface area contributed by atoms with E-state index in [-0.39, 0.29) is 23.4 Å². The molecule has 2 aromatic rings. The predicted molar refractivity (Wildman–Crippen MR) is 131 cm³/mol. The van der Waals surface area contributed by atoms with Crippen molar-refractivity contribution in [1.82, 2.24) is 15.3 Å². The van der Waals surface area contributed by atoms with Gasteiger partial charge in [-0.15, -0.1) is 0 Å². The minimum atomic E-state index is -2.57. The molecule has 0 atom stereocenters. The van der Waals surface area contributed by atoms with Gasteiger partial charge in [0.2, 0.25) is 11.9 Å². The molecule has 0 radical (unpaired) electrons. The van der Waals surface area contributed by atoms with Crippen molar-refractivity contribution in [2.45, 2.75) is 39.0 Å². The van der Waals surface area contributed by atoms with Gasteiger partial charge in [0.1, 0.15) is 11.6 Å². The lowest BCUT2D eigenvalue weighted by Gasteiger charge is -2.18. The number of allylic oxidation sites excluding steroid dienone is 5. The van der Waals surface area contributed by atoms with Crippen LogP contribution in [0.5, 0.6) is 0 Å². The second-order valence-corrected chi connectivity index (χ2v) is 8.89. The monoisotopic (exact) mass is 496 g/mol. The third-order valence-corrected chi connectivity index (χ3v) is 6.33. The highest BCUT2D eigenvalue weighted by Gasteiger charge is 2.55. The van der Waals surface area contributed by atoms with Crippen LogP contribution in [0.15, 0.2) is 78.1 Å². The van der Waals surface area contributed by atoms with Crippen LogP contribution in [-0.2, 0) is 16.0 Å². The first-order chi connectivity index (χ1) is 17.2. The molecule has 1 aromatic carbocycles. The standard InChI is InChI=1S/C27H27F3N4O2/c1-16-5-4-6-22(16)34-26-31-14-20(15-32-26)18-7-8-19(21(28)12-18)13-24(35)33-17(2)11-23(36-3)27(9-10-27)25(29)30/h5-8,11-12,14-15,25H,2,4,9-10,13H2,1,3H3,(H,33,35)(H,31,32,34)/b23-11-. The van der Waals surface area contributed by atoms with Gasteiger partial charge in [0, 0.05) is 29.4 Å². The maximum atomic E-state index is 14.8. The van der Waals surface area contributed by atoms with Crippen molar-refractivity contribution in [3.8, 4) is 11.1 Å². The van der Waals surface area contributed by atoms with Gasteiger partial charge >= 0.3 is 0 Å². The molecule has 6 nitrogen and oxygen atoms in total. The van der Waals surface area contributed by atoms with Crippen molar-refractivity contribution >= 4 is 11.9 Å². The zero-order valence-corrected chi connectivity index (χ0v) is 20.1. The van der Waals surface area contributed by atoms with Crippen LogP contribution in [-0.4, -0.2) is 29.4 Å². The first kappa shape index (κ1) is 25.2. The minimum Gasteiger partial charge on any atom is -0.500 e. The highest BCUT2D eigenvalue weighted by Crippen LogP contribution is 2.56. The van der Waals surface area contributed by atoms with Crippen LogP contribution >= 0.6 is 0 Å². The Morgan fingerprint density at radius 2 is 1.94 bits per heavy atom. The molecule has 0 bridgehead atoms. The number of alkyl halides is 2. The van der Waals surface area contributed by atoms with Crippen molar-refractivity contribution < 1.29 is 22.7 Å². The Morgan fingerprint density at radius 1 is 1.22 bits per heavy atom. The smallest absolute Gasteiger partial charge is 0.251 e. The molecule has 1 fully saturated rings. The Morgan fingerprint density at radius 3 is 2.50 bits per heavy atom. The van der Waals surface area contributed by atoms with E-state index in [4.69, 9.17) is 4.74 Å². The third kappa shape index (κ3) is 5.50. The Hall–Kier alpha value is -3.88. The van der Waals surface area contributed by atoms with Gasteiger partial charge < -0.3 is 15.4 Å². The largest absolute Gasteiger partial charge is 0.500 e. The number of nitrogens with zero attached hydrogens (tertiary/aromatic N) is 2. The summed E-state index contributed by atoms with van der Waals surface area (Å²) in [6.07, 6.45) is 7.32. The van der Waals surface area contributed by atoms with Crippen molar-refractivity contribution in [2.75, 3.05) is 12.4 Å². The number of halogens is 3. The summed E-state index contributed by atoms with van der Waals surface area (Å²) in [6.45, 7) is 5.70. The Balaban J connectivity index is 1.37. The van der Waals surface area contributed by atoms with E-state index in [9.17, 15) is 18.0 Å². The normalized spacial score (nSPS) is 16.3. The lowest BCUT2D eigenvalue weighted by molar-refractivity contribution is -0.119. The average Bonchev–Trinajstić information content (AvgIpc) is 3.57. The van der Waals surface area contributed by atoms with Gasteiger partial charge in [-0.2, -0.15) is 0 Å². The zero-order valence-electron chi connectivity index (χ0n) is 20.1. The number of carbonyl (C=O) groups excluding carboxylic acids is 1. The fraction of sp³-hybridized carbons (Fsp3) is 0.296. The quantitative estimate of drug-likeness (QED) is 0.327. The Kier molecular flexibility index (Phi) is 7.28. The van der Waals surface area contributed by atoms with E-state index < -0.39 is 23.6 Å².